The highest BCUT2D eigenvalue weighted by Crippen LogP contribution is 2.28. The van der Waals surface area contributed by atoms with Crippen molar-refractivity contribution in [3.8, 4) is 0 Å². The number of amides is 4. The van der Waals surface area contributed by atoms with Gasteiger partial charge < -0.3 is 26.2 Å². The van der Waals surface area contributed by atoms with Gasteiger partial charge >= 0.3 is 11.8 Å². The van der Waals surface area contributed by atoms with Gasteiger partial charge in [0.05, 0.1) is 16.8 Å². The van der Waals surface area contributed by atoms with Crippen LogP contribution in [0, 0.1) is 5.92 Å². The fraction of sp³-hybridized carbons (Fsp3) is 0.478. The molecule has 3 heterocycles. The summed E-state index contributed by atoms with van der Waals surface area (Å²) < 4.78 is 0. The first kappa shape index (κ1) is 26.0. The second-order valence-electron chi connectivity index (χ2n) is 9.03. The Kier molecular flexibility index (Phi) is 8.17. The van der Waals surface area contributed by atoms with Crippen LogP contribution in [0.5, 0.6) is 0 Å². The molecule has 2 aliphatic rings. The molecule has 0 aromatic carbocycles. The summed E-state index contributed by atoms with van der Waals surface area (Å²) in [4.78, 5) is 61.8. The van der Waals surface area contributed by atoms with Gasteiger partial charge in [-0.25, -0.2) is 9.97 Å². The number of nitrogens with zero attached hydrogens (tertiary/aromatic N) is 3. The van der Waals surface area contributed by atoms with E-state index in [4.69, 9.17) is 11.6 Å². The Morgan fingerprint density at radius 3 is 2.61 bits per heavy atom. The molecule has 0 bridgehead atoms. The number of thiazole rings is 1. The van der Waals surface area contributed by atoms with Crippen LogP contribution in [0.3, 0.4) is 0 Å². The maximum absolute atomic E-state index is 13.1. The zero-order chi connectivity index (χ0) is 25.8. The van der Waals surface area contributed by atoms with Crippen LogP contribution < -0.4 is 21.3 Å². The molecule has 1 aliphatic carbocycles. The molecule has 0 saturated heterocycles. The van der Waals surface area contributed by atoms with Gasteiger partial charge in [0.25, 0.3) is 5.91 Å². The molecule has 0 radical (unpaired) electrons. The third-order valence-corrected chi connectivity index (χ3v) is 7.57. The van der Waals surface area contributed by atoms with Crippen molar-refractivity contribution in [2.24, 2.45) is 5.92 Å². The Morgan fingerprint density at radius 1 is 1.11 bits per heavy atom. The Labute approximate surface area is 217 Å². The van der Waals surface area contributed by atoms with Gasteiger partial charge in [0.2, 0.25) is 5.91 Å². The Balaban J connectivity index is 1.45. The Morgan fingerprint density at radius 2 is 1.92 bits per heavy atom. The standard InChI is InChI=1S/C23H28ClN7O4S/c1-31(2)23(35)12-3-5-14(27-19(32)20(33)30-18-6-4-13(24)10-26-18)16(9-12)28-21(34)22-29-15-7-8-25-11-17(15)36-22/h4,6,10,12,14,16,25H,3,5,7-9,11H2,1-2H3,(H,27,32)(H,28,34)(H,26,30,33)/t12-,14-,16+/m0/s1. The maximum Gasteiger partial charge on any atom is 0.314 e. The number of halogens is 1. The number of carbonyl (C=O) groups is 4. The first-order chi connectivity index (χ1) is 17.2. The van der Waals surface area contributed by atoms with Crippen LogP contribution in [0.4, 0.5) is 5.82 Å². The molecule has 0 unspecified atom stereocenters. The minimum absolute atomic E-state index is 0.0404. The van der Waals surface area contributed by atoms with Gasteiger partial charge in [-0.1, -0.05) is 11.6 Å². The van der Waals surface area contributed by atoms with Crippen LogP contribution in [0.1, 0.15) is 39.6 Å². The number of hydrogen-bond donors (Lipinski definition) is 4. The largest absolute Gasteiger partial charge is 0.349 e. The van der Waals surface area contributed by atoms with E-state index >= 15 is 0 Å². The molecule has 4 N–H and O–H groups in total. The van der Waals surface area contributed by atoms with E-state index in [1.807, 2.05) is 0 Å². The molecule has 3 atom stereocenters. The molecular formula is C23H28ClN7O4S. The zero-order valence-corrected chi connectivity index (χ0v) is 21.5. The van der Waals surface area contributed by atoms with Crippen LogP contribution in [0.15, 0.2) is 18.3 Å². The normalized spacial score (nSPS) is 21.1. The van der Waals surface area contributed by atoms with Crippen molar-refractivity contribution in [2.75, 3.05) is 26.0 Å². The maximum atomic E-state index is 13.1. The third kappa shape index (κ3) is 6.18. The summed E-state index contributed by atoms with van der Waals surface area (Å²) in [5.41, 5.74) is 0.922. The van der Waals surface area contributed by atoms with Gasteiger partial charge in [0.15, 0.2) is 5.01 Å². The third-order valence-electron chi connectivity index (χ3n) is 6.25. The number of anilines is 1. The lowest BCUT2D eigenvalue weighted by atomic mass is 9.81. The quantitative estimate of drug-likeness (QED) is 0.418. The predicted octanol–water partition coefficient (Wildman–Crippen LogP) is 0.947. The Hall–Kier alpha value is -3.09. The number of rotatable bonds is 5. The molecule has 1 aliphatic heterocycles. The molecule has 2 aromatic rings. The van der Waals surface area contributed by atoms with Crippen molar-refractivity contribution >= 4 is 52.4 Å². The van der Waals surface area contributed by atoms with E-state index in [2.05, 4.69) is 31.2 Å². The van der Waals surface area contributed by atoms with Gasteiger partial charge in [0, 0.05) is 56.6 Å². The van der Waals surface area contributed by atoms with Gasteiger partial charge in [-0.15, -0.1) is 11.3 Å². The van der Waals surface area contributed by atoms with Crippen molar-refractivity contribution in [1.29, 1.82) is 0 Å². The molecule has 4 rings (SSSR count). The fourth-order valence-electron chi connectivity index (χ4n) is 4.40. The number of aromatic nitrogens is 2. The lowest BCUT2D eigenvalue weighted by Crippen LogP contribution is -2.57. The Bertz CT molecular complexity index is 1130. The van der Waals surface area contributed by atoms with Crippen LogP contribution in [-0.4, -0.2) is 71.2 Å². The molecule has 4 amide bonds. The van der Waals surface area contributed by atoms with E-state index in [1.54, 1.807) is 20.2 Å². The van der Waals surface area contributed by atoms with Gasteiger partial charge in [-0.2, -0.15) is 0 Å². The molecule has 36 heavy (non-hydrogen) atoms. The molecule has 1 saturated carbocycles. The SMILES string of the molecule is CN(C)C(=O)[C@H]1CC[C@H](NC(=O)C(=O)Nc2ccc(Cl)cn2)[C@H](NC(=O)c2nc3c(s2)CNCC3)C1. The van der Waals surface area contributed by atoms with E-state index < -0.39 is 23.9 Å². The van der Waals surface area contributed by atoms with Crippen LogP contribution in [0.25, 0.3) is 0 Å². The van der Waals surface area contributed by atoms with E-state index in [0.29, 0.717) is 35.8 Å². The predicted molar refractivity (Wildman–Crippen MR) is 135 cm³/mol. The second-order valence-corrected chi connectivity index (χ2v) is 10.6. The van der Waals surface area contributed by atoms with Crippen molar-refractivity contribution < 1.29 is 19.2 Å². The fourth-order valence-corrected chi connectivity index (χ4v) is 5.49. The average Bonchev–Trinajstić information content (AvgIpc) is 3.30. The summed E-state index contributed by atoms with van der Waals surface area (Å²) >= 11 is 7.14. The van der Waals surface area contributed by atoms with Crippen molar-refractivity contribution in [3.63, 3.8) is 0 Å². The van der Waals surface area contributed by atoms with Crippen molar-refractivity contribution in [3.05, 3.63) is 38.9 Å². The van der Waals surface area contributed by atoms with E-state index in [9.17, 15) is 19.2 Å². The van der Waals surface area contributed by atoms with Crippen LogP contribution in [0.2, 0.25) is 5.02 Å². The lowest BCUT2D eigenvalue weighted by molar-refractivity contribution is -0.137. The van der Waals surface area contributed by atoms with E-state index in [1.165, 1.54) is 28.5 Å². The zero-order valence-electron chi connectivity index (χ0n) is 20.0. The second kappa shape index (κ2) is 11.3. The van der Waals surface area contributed by atoms with Crippen LogP contribution >= 0.6 is 22.9 Å². The smallest absolute Gasteiger partial charge is 0.314 e. The summed E-state index contributed by atoms with van der Waals surface area (Å²) in [5.74, 6) is -2.26. The highest BCUT2D eigenvalue weighted by molar-refractivity contribution is 7.13. The molecule has 1 fully saturated rings. The summed E-state index contributed by atoms with van der Waals surface area (Å²) in [6.07, 6.45) is 3.40. The highest BCUT2D eigenvalue weighted by atomic mass is 35.5. The van der Waals surface area contributed by atoms with Crippen LogP contribution in [-0.2, 0) is 27.3 Å². The monoisotopic (exact) mass is 533 g/mol. The molecule has 11 nitrogen and oxygen atoms in total. The van der Waals surface area contributed by atoms with Crippen molar-refractivity contribution in [2.45, 2.75) is 44.3 Å². The minimum Gasteiger partial charge on any atom is -0.349 e. The summed E-state index contributed by atoms with van der Waals surface area (Å²) in [5, 5.41) is 12.1. The number of pyridine rings is 1. The molecule has 192 valence electrons. The molecule has 2 aromatic heterocycles. The number of carbonyl (C=O) groups excluding carboxylic acids is 4. The summed E-state index contributed by atoms with van der Waals surface area (Å²) in [7, 11) is 3.38. The van der Waals surface area contributed by atoms with Gasteiger partial charge in [-0.3, -0.25) is 19.2 Å². The summed E-state index contributed by atoms with van der Waals surface area (Å²) in [6.45, 7) is 1.50. The highest BCUT2D eigenvalue weighted by Gasteiger charge is 2.37. The van der Waals surface area contributed by atoms with E-state index in [0.717, 1.165) is 23.5 Å². The lowest BCUT2D eigenvalue weighted by Gasteiger charge is -2.37. The van der Waals surface area contributed by atoms with Gasteiger partial charge in [-0.05, 0) is 31.4 Å². The number of fused-ring (bicyclic) bond motifs is 1. The minimum atomic E-state index is -0.888. The number of hydrogen-bond acceptors (Lipinski definition) is 8. The topological polar surface area (TPSA) is 145 Å². The number of nitrogens with one attached hydrogen (secondary N) is 4. The molecule has 13 heteroatoms. The first-order valence-corrected chi connectivity index (χ1v) is 12.9. The van der Waals surface area contributed by atoms with Crippen molar-refractivity contribution in [1.82, 2.24) is 30.8 Å². The summed E-state index contributed by atoms with van der Waals surface area (Å²) in [6, 6.07) is 1.94. The first-order valence-electron chi connectivity index (χ1n) is 11.7. The van der Waals surface area contributed by atoms with Gasteiger partial charge in [0.1, 0.15) is 5.82 Å². The molecular weight excluding hydrogens is 506 g/mol. The van der Waals surface area contributed by atoms with E-state index in [-0.39, 0.29) is 23.6 Å². The molecule has 0 spiro atoms. The average molecular weight is 534 g/mol.